The molecule has 0 spiro atoms. The van der Waals surface area contributed by atoms with Crippen LogP contribution in [0.2, 0.25) is 0 Å². The van der Waals surface area contributed by atoms with E-state index in [1.54, 1.807) is 16.0 Å². The molecule has 4 aromatic rings. The number of nitrogens with one attached hydrogen (secondary N) is 2. The molecule has 0 atom stereocenters. The van der Waals surface area contributed by atoms with Crippen LogP contribution in [-0.4, -0.2) is 39.7 Å². The molecule has 0 aliphatic carbocycles. The van der Waals surface area contributed by atoms with E-state index in [0.717, 1.165) is 66.1 Å². The van der Waals surface area contributed by atoms with Crippen LogP contribution in [0, 0.1) is 12.8 Å². The number of nitrogens with zero attached hydrogens (tertiary/aromatic N) is 3. The van der Waals surface area contributed by atoms with Crippen LogP contribution in [-0.2, 0) is 23.1 Å². The largest absolute Gasteiger partial charge is 0.342 e. The molecule has 2 aromatic carbocycles. The van der Waals surface area contributed by atoms with Crippen molar-refractivity contribution in [2.75, 3.05) is 23.7 Å². The molecule has 1 fully saturated rings. The molecule has 2 N–H and O–H groups in total. The number of likely N-dealkylation sites (tertiary alicyclic amines) is 1. The number of aromatic nitrogens is 2. The zero-order valence-corrected chi connectivity index (χ0v) is 25.1. The lowest BCUT2D eigenvalue weighted by Crippen LogP contribution is -2.39. The molecule has 2 aromatic heterocycles. The Labute approximate surface area is 246 Å². The zero-order chi connectivity index (χ0) is 29.0. The average molecular weight is 570 g/mol. The van der Waals surface area contributed by atoms with E-state index in [1.807, 2.05) is 77.2 Å². The van der Waals surface area contributed by atoms with Crippen LogP contribution >= 0.6 is 11.3 Å². The standard InChI is InChI=1S/C33H39N5O2S/c1-23-9-11-27(12-10-23)38-30(21-29(36-38)33(2,3)4)35-32(40)34-28-8-6-5-7-26(28)19-24-13-16-37(17-14-24)31(39)20-25-15-18-41-22-25/h5-12,15,18,21-22,24H,13-14,16-17,19-20H2,1-4H3,(H2,34,35,40). The van der Waals surface area contributed by atoms with Crippen molar-refractivity contribution in [3.63, 3.8) is 0 Å². The fourth-order valence-corrected chi connectivity index (χ4v) is 5.86. The van der Waals surface area contributed by atoms with Gasteiger partial charge in [0, 0.05) is 30.3 Å². The summed E-state index contributed by atoms with van der Waals surface area (Å²) in [6.07, 6.45) is 3.26. The first-order valence-corrected chi connectivity index (χ1v) is 15.2. The Balaban J connectivity index is 1.23. The number of thiophene rings is 1. The third-order valence-electron chi connectivity index (χ3n) is 7.67. The van der Waals surface area contributed by atoms with E-state index in [9.17, 15) is 9.59 Å². The van der Waals surface area contributed by atoms with Crippen LogP contribution in [0.3, 0.4) is 0 Å². The van der Waals surface area contributed by atoms with Gasteiger partial charge in [-0.1, -0.05) is 56.7 Å². The van der Waals surface area contributed by atoms with Crippen molar-refractivity contribution in [1.82, 2.24) is 14.7 Å². The number of rotatable bonds is 7. The normalized spacial score (nSPS) is 14.2. The van der Waals surface area contributed by atoms with Gasteiger partial charge in [0.05, 0.1) is 17.8 Å². The third kappa shape index (κ3) is 7.24. The first kappa shape index (κ1) is 28.6. The van der Waals surface area contributed by atoms with Gasteiger partial charge in [0.25, 0.3) is 0 Å². The number of hydrogen-bond donors (Lipinski definition) is 2. The van der Waals surface area contributed by atoms with Crippen LogP contribution in [0.5, 0.6) is 0 Å². The van der Waals surface area contributed by atoms with Gasteiger partial charge in [0.1, 0.15) is 5.82 Å². The van der Waals surface area contributed by atoms with Crippen LogP contribution in [0.25, 0.3) is 5.69 Å². The average Bonchev–Trinajstić information content (AvgIpc) is 3.61. The molecule has 1 aliphatic heterocycles. The van der Waals surface area contributed by atoms with Crippen molar-refractivity contribution in [2.24, 2.45) is 5.92 Å². The van der Waals surface area contributed by atoms with Crippen molar-refractivity contribution in [3.8, 4) is 5.69 Å². The molecule has 0 radical (unpaired) electrons. The fourth-order valence-electron chi connectivity index (χ4n) is 5.19. The second-order valence-corrected chi connectivity index (χ2v) is 12.8. The summed E-state index contributed by atoms with van der Waals surface area (Å²) in [7, 11) is 0. The van der Waals surface area contributed by atoms with Gasteiger partial charge in [-0.3, -0.25) is 10.1 Å². The summed E-state index contributed by atoms with van der Waals surface area (Å²) in [5.41, 5.74) is 5.79. The Morgan fingerprint density at radius 1 is 1.00 bits per heavy atom. The summed E-state index contributed by atoms with van der Waals surface area (Å²) in [5.74, 6) is 1.29. The minimum Gasteiger partial charge on any atom is -0.342 e. The maximum absolute atomic E-state index is 13.3. The Kier molecular flexibility index (Phi) is 8.59. The number of hydrogen-bond acceptors (Lipinski definition) is 4. The Bertz CT molecular complexity index is 1480. The van der Waals surface area contributed by atoms with Gasteiger partial charge in [-0.2, -0.15) is 16.4 Å². The lowest BCUT2D eigenvalue weighted by molar-refractivity contribution is -0.131. The smallest absolute Gasteiger partial charge is 0.324 e. The molecule has 1 aliphatic rings. The topological polar surface area (TPSA) is 79.3 Å². The molecule has 41 heavy (non-hydrogen) atoms. The number of anilines is 2. The number of urea groups is 1. The molecular formula is C33H39N5O2S. The van der Waals surface area contributed by atoms with Gasteiger partial charge in [0.15, 0.2) is 0 Å². The molecule has 0 bridgehead atoms. The number of carbonyl (C=O) groups is 2. The molecular weight excluding hydrogens is 530 g/mol. The molecule has 214 valence electrons. The number of carbonyl (C=O) groups excluding carboxylic acids is 2. The molecule has 3 heterocycles. The van der Waals surface area contributed by atoms with Crippen molar-refractivity contribution in [3.05, 3.63) is 93.8 Å². The van der Waals surface area contributed by atoms with Gasteiger partial charge >= 0.3 is 6.03 Å². The van der Waals surface area contributed by atoms with Crippen LogP contribution in [0.4, 0.5) is 16.3 Å². The predicted octanol–water partition coefficient (Wildman–Crippen LogP) is 7.21. The van der Waals surface area contributed by atoms with Crippen LogP contribution in [0.1, 0.15) is 56.0 Å². The molecule has 7 nitrogen and oxygen atoms in total. The van der Waals surface area contributed by atoms with Crippen molar-refractivity contribution < 1.29 is 9.59 Å². The summed E-state index contributed by atoms with van der Waals surface area (Å²) in [5, 5.41) is 15.0. The lowest BCUT2D eigenvalue weighted by Gasteiger charge is -2.32. The van der Waals surface area contributed by atoms with Crippen molar-refractivity contribution in [1.29, 1.82) is 0 Å². The summed E-state index contributed by atoms with van der Waals surface area (Å²) in [6, 6.07) is 19.7. The number of amides is 3. The first-order valence-electron chi connectivity index (χ1n) is 14.3. The summed E-state index contributed by atoms with van der Waals surface area (Å²) in [4.78, 5) is 28.0. The summed E-state index contributed by atoms with van der Waals surface area (Å²) in [6.45, 7) is 9.94. The molecule has 0 saturated carbocycles. The van der Waals surface area contributed by atoms with E-state index in [0.29, 0.717) is 18.2 Å². The molecule has 3 amide bonds. The predicted molar refractivity (Wildman–Crippen MR) is 167 cm³/mol. The third-order valence-corrected chi connectivity index (χ3v) is 8.41. The van der Waals surface area contributed by atoms with Gasteiger partial charge in [-0.05, 0) is 78.3 Å². The van der Waals surface area contributed by atoms with Crippen molar-refractivity contribution >= 4 is 34.8 Å². The molecule has 8 heteroatoms. The maximum atomic E-state index is 13.3. The number of aryl methyl sites for hydroxylation is 1. The Morgan fingerprint density at radius 2 is 1.73 bits per heavy atom. The van der Waals surface area contributed by atoms with Gasteiger partial charge in [-0.15, -0.1) is 0 Å². The van der Waals surface area contributed by atoms with Crippen LogP contribution < -0.4 is 10.6 Å². The minimum atomic E-state index is -0.306. The summed E-state index contributed by atoms with van der Waals surface area (Å²) >= 11 is 1.63. The quantitative estimate of drug-likeness (QED) is 0.247. The first-order chi connectivity index (χ1) is 19.7. The van der Waals surface area contributed by atoms with E-state index in [2.05, 4.69) is 37.5 Å². The maximum Gasteiger partial charge on any atom is 0.324 e. The number of piperidine rings is 1. The Morgan fingerprint density at radius 3 is 2.41 bits per heavy atom. The van der Waals surface area contributed by atoms with Gasteiger partial charge in [-0.25, -0.2) is 9.48 Å². The highest BCUT2D eigenvalue weighted by atomic mass is 32.1. The summed E-state index contributed by atoms with van der Waals surface area (Å²) < 4.78 is 1.79. The van der Waals surface area contributed by atoms with E-state index < -0.39 is 0 Å². The highest BCUT2D eigenvalue weighted by molar-refractivity contribution is 7.08. The van der Waals surface area contributed by atoms with E-state index in [1.165, 1.54) is 0 Å². The lowest BCUT2D eigenvalue weighted by atomic mass is 9.89. The number of para-hydroxylation sites is 1. The van der Waals surface area contributed by atoms with E-state index in [-0.39, 0.29) is 17.4 Å². The van der Waals surface area contributed by atoms with Gasteiger partial charge < -0.3 is 10.2 Å². The number of benzene rings is 2. The van der Waals surface area contributed by atoms with Gasteiger partial charge in [0.2, 0.25) is 5.91 Å². The highest BCUT2D eigenvalue weighted by Crippen LogP contribution is 2.28. The Hall–Kier alpha value is -3.91. The van der Waals surface area contributed by atoms with Crippen LogP contribution in [0.15, 0.2) is 71.4 Å². The molecule has 0 unspecified atom stereocenters. The molecule has 1 saturated heterocycles. The SMILES string of the molecule is Cc1ccc(-n2nc(C(C)(C)C)cc2NC(=O)Nc2ccccc2CC2CCN(C(=O)Cc3ccsc3)CC2)cc1. The highest BCUT2D eigenvalue weighted by Gasteiger charge is 2.25. The van der Waals surface area contributed by atoms with Crippen molar-refractivity contribution in [2.45, 2.75) is 58.8 Å². The monoisotopic (exact) mass is 569 g/mol. The second kappa shape index (κ2) is 12.3. The molecule has 5 rings (SSSR count). The minimum absolute atomic E-state index is 0.167. The zero-order valence-electron chi connectivity index (χ0n) is 24.3. The fraction of sp³-hybridized carbons (Fsp3) is 0.364. The van der Waals surface area contributed by atoms with E-state index in [4.69, 9.17) is 5.10 Å². The van der Waals surface area contributed by atoms with E-state index >= 15 is 0 Å². The second-order valence-electron chi connectivity index (χ2n) is 12.0.